The zero-order chi connectivity index (χ0) is 21.6. The number of anilines is 1. The van der Waals surface area contributed by atoms with Crippen LogP contribution in [0, 0.1) is 0 Å². The first-order valence-electron chi connectivity index (χ1n) is 9.72. The van der Waals surface area contributed by atoms with Crippen LogP contribution in [-0.2, 0) is 12.6 Å². The van der Waals surface area contributed by atoms with Crippen LogP contribution in [-0.4, -0.2) is 26.2 Å². The summed E-state index contributed by atoms with van der Waals surface area (Å²) < 4.78 is 39.9. The highest BCUT2D eigenvalue weighted by atomic mass is 19.4. The van der Waals surface area contributed by atoms with Crippen molar-refractivity contribution in [1.29, 1.82) is 0 Å². The number of nitrogens with one attached hydrogen (secondary N) is 1. The van der Waals surface area contributed by atoms with Gasteiger partial charge in [-0.3, -0.25) is 4.98 Å². The van der Waals surface area contributed by atoms with Crippen LogP contribution < -0.4 is 5.32 Å². The monoisotopic (exact) mass is 422 g/mol. The fourth-order valence-corrected chi connectivity index (χ4v) is 3.94. The van der Waals surface area contributed by atoms with Crippen molar-refractivity contribution in [3.05, 3.63) is 83.7 Å². The summed E-state index contributed by atoms with van der Waals surface area (Å²) >= 11 is 0. The smallest absolute Gasteiger partial charge is 0.390 e. The summed E-state index contributed by atoms with van der Waals surface area (Å²) in [6.07, 6.45) is -1.53. The summed E-state index contributed by atoms with van der Waals surface area (Å²) in [5.74, 6) is 0.642. The van der Waals surface area contributed by atoms with E-state index in [1.54, 1.807) is 24.5 Å². The van der Waals surface area contributed by atoms with Gasteiger partial charge in [-0.1, -0.05) is 24.3 Å². The van der Waals surface area contributed by atoms with E-state index in [1.807, 2.05) is 24.3 Å². The lowest BCUT2D eigenvalue weighted by atomic mass is 10.1. The highest BCUT2D eigenvalue weighted by Crippen LogP contribution is 2.37. The number of hydrogen-bond donors (Lipinski definition) is 2. The fraction of sp³-hybridized carbons (Fsp3) is 0.174. The quantitative estimate of drug-likeness (QED) is 0.497. The molecule has 2 heterocycles. The number of aromatic nitrogens is 3. The second kappa shape index (κ2) is 7.31. The highest BCUT2D eigenvalue weighted by Gasteiger charge is 2.33. The first-order valence-corrected chi connectivity index (χ1v) is 9.72. The second-order valence-electron chi connectivity index (χ2n) is 7.45. The Morgan fingerprint density at radius 3 is 2.52 bits per heavy atom. The maximum Gasteiger partial charge on any atom is 0.416 e. The van der Waals surface area contributed by atoms with Crippen LogP contribution in [0.25, 0.3) is 22.3 Å². The molecule has 31 heavy (non-hydrogen) atoms. The normalized spacial score (nSPS) is 18.2. The third-order valence-corrected chi connectivity index (χ3v) is 5.46. The van der Waals surface area contributed by atoms with Crippen LogP contribution in [0.5, 0.6) is 0 Å². The lowest BCUT2D eigenvalue weighted by Gasteiger charge is -2.20. The predicted molar refractivity (Wildman–Crippen MR) is 110 cm³/mol. The number of rotatable bonds is 3. The Labute approximate surface area is 175 Å². The molecular weight excluding hydrogens is 405 g/mol. The van der Waals surface area contributed by atoms with Crippen LogP contribution in [0.2, 0.25) is 0 Å². The number of aliphatic hydroxyl groups is 1. The Balaban J connectivity index is 1.66. The molecule has 2 atom stereocenters. The van der Waals surface area contributed by atoms with Gasteiger partial charge in [0.15, 0.2) is 5.82 Å². The SMILES string of the molecule is O[C@@H]1Cc2ccccc2[C@@H]1Nc1nc(-c2ccncc2)nc2cc(C(F)(F)F)ccc12. The number of hydrogen-bond acceptors (Lipinski definition) is 5. The van der Waals surface area contributed by atoms with E-state index in [4.69, 9.17) is 0 Å². The molecule has 0 fully saturated rings. The largest absolute Gasteiger partial charge is 0.416 e. The summed E-state index contributed by atoms with van der Waals surface area (Å²) in [4.78, 5) is 12.9. The lowest BCUT2D eigenvalue weighted by molar-refractivity contribution is -0.137. The molecule has 0 spiro atoms. The van der Waals surface area contributed by atoms with E-state index in [0.29, 0.717) is 23.2 Å². The number of fused-ring (bicyclic) bond motifs is 2. The van der Waals surface area contributed by atoms with Gasteiger partial charge in [0.05, 0.1) is 23.2 Å². The van der Waals surface area contributed by atoms with E-state index < -0.39 is 23.9 Å². The molecule has 1 aliphatic carbocycles. The van der Waals surface area contributed by atoms with Crippen LogP contribution in [0.4, 0.5) is 19.0 Å². The van der Waals surface area contributed by atoms with Crippen LogP contribution in [0.3, 0.4) is 0 Å². The van der Waals surface area contributed by atoms with Crippen molar-refractivity contribution in [2.75, 3.05) is 5.32 Å². The zero-order valence-electron chi connectivity index (χ0n) is 16.1. The van der Waals surface area contributed by atoms with Crippen molar-refractivity contribution in [2.24, 2.45) is 0 Å². The van der Waals surface area contributed by atoms with E-state index in [-0.39, 0.29) is 11.3 Å². The molecule has 2 N–H and O–H groups in total. The number of aliphatic hydroxyl groups excluding tert-OH is 1. The predicted octanol–water partition coefficient (Wildman–Crippen LogP) is 4.78. The molecule has 0 bridgehead atoms. The minimum Gasteiger partial charge on any atom is -0.390 e. The van der Waals surface area contributed by atoms with Crippen molar-refractivity contribution in [1.82, 2.24) is 15.0 Å². The standard InChI is InChI=1S/C23H17F3N4O/c24-23(25,26)15-5-6-17-18(12-15)28-21(13-7-9-27-10-8-13)30-22(17)29-20-16-4-2-1-3-14(16)11-19(20)31/h1-10,12,19-20,31H,11H2,(H,28,29,30)/t19-,20+/m1/s1. The van der Waals surface area contributed by atoms with Gasteiger partial charge in [0, 0.05) is 29.8 Å². The molecule has 2 aromatic heterocycles. The Morgan fingerprint density at radius 1 is 0.968 bits per heavy atom. The summed E-state index contributed by atoms with van der Waals surface area (Å²) in [5, 5.41) is 14.3. The van der Waals surface area contributed by atoms with Gasteiger partial charge in [-0.05, 0) is 41.5 Å². The molecule has 5 nitrogen and oxygen atoms in total. The van der Waals surface area contributed by atoms with Crippen LogP contribution in [0.1, 0.15) is 22.7 Å². The molecule has 0 radical (unpaired) electrons. The number of halogens is 3. The average molecular weight is 422 g/mol. The molecule has 0 saturated heterocycles. The van der Waals surface area contributed by atoms with Gasteiger partial charge >= 0.3 is 6.18 Å². The lowest BCUT2D eigenvalue weighted by Crippen LogP contribution is -2.22. The Morgan fingerprint density at radius 2 is 1.74 bits per heavy atom. The maximum atomic E-state index is 13.3. The molecule has 0 saturated carbocycles. The Bertz CT molecular complexity index is 1260. The van der Waals surface area contributed by atoms with E-state index >= 15 is 0 Å². The van der Waals surface area contributed by atoms with E-state index in [2.05, 4.69) is 20.3 Å². The van der Waals surface area contributed by atoms with Gasteiger partial charge in [0.2, 0.25) is 0 Å². The molecule has 8 heteroatoms. The fourth-order valence-electron chi connectivity index (χ4n) is 3.94. The second-order valence-corrected chi connectivity index (χ2v) is 7.45. The number of alkyl halides is 3. The van der Waals surface area contributed by atoms with Crippen molar-refractivity contribution in [3.63, 3.8) is 0 Å². The highest BCUT2D eigenvalue weighted by molar-refractivity contribution is 5.91. The van der Waals surface area contributed by atoms with Gasteiger partial charge in [-0.25, -0.2) is 9.97 Å². The summed E-state index contributed by atoms with van der Waals surface area (Å²) in [7, 11) is 0. The van der Waals surface area contributed by atoms with Gasteiger partial charge < -0.3 is 10.4 Å². The maximum absolute atomic E-state index is 13.3. The molecule has 0 aliphatic heterocycles. The first-order chi connectivity index (χ1) is 14.9. The van der Waals surface area contributed by atoms with Crippen LogP contribution >= 0.6 is 0 Å². The average Bonchev–Trinajstić information content (AvgIpc) is 3.08. The third kappa shape index (κ3) is 3.59. The van der Waals surface area contributed by atoms with Gasteiger partial charge in [0.25, 0.3) is 0 Å². The number of pyridine rings is 1. The molecule has 0 amide bonds. The number of benzene rings is 2. The molecule has 5 rings (SSSR count). The minimum absolute atomic E-state index is 0.167. The molecule has 1 aliphatic rings. The van der Waals surface area contributed by atoms with Gasteiger partial charge in [-0.2, -0.15) is 13.2 Å². The molecule has 2 aromatic carbocycles. The van der Waals surface area contributed by atoms with Gasteiger partial charge in [0.1, 0.15) is 5.82 Å². The Hall–Kier alpha value is -3.52. The van der Waals surface area contributed by atoms with Crippen molar-refractivity contribution >= 4 is 16.7 Å². The molecule has 0 unspecified atom stereocenters. The third-order valence-electron chi connectivity index (χ3n) is 5.46. The number of nitrogens with zero attached hydrogens (tertiary/aromatic N) is 3. The van der Waals surface area contributed by atoms with E-state index in [9.17, 15) is 18.3 Å². The van der Waals surface area contributed by atoms with Gasteiger partial charge in [-0.15, -0.1) is 0 Å². The van der Waals surface area contributed by atoms with E-state index in [0.717, 1.165) is 23.3 Å². The Kier molecular flexibility index (Phi) is 4.59. The molecular formula is C23H17F3N4O. The van der Waals surface area contributed by atoms with Crippen molar-refractivity contribution in [2.45, 2.75) is 24.7 Å². The van der Waals surface area contributed by atoms with Crippen molar-refractivity contribution < 1.29 is 18.3 Å². The topological polar surface area (TPSA) is 70.9 Å². The van der Waals surface area contributed by atoms with Crippen molar-refractivity contribution in [3.8, 4) is 11.4 Å². The summed E-state index contributed by atoms with van der Waals surface area (Å²) in [6.45, 7) is 0. The molecule has 4 aromatic rings. The molecule has 156 valence electrons. The zero-order valence-corrected chi connectivity index (χ0v) is 16.1. The first kappa shape index (κ1) is 19.4. The minimum atomic E-state index is -4.48. The summed E-state index contributed by atoms with van der Waals surface area (Å²) in [5.41, 5.74) is 1.99. The van der Waals surface area contributed by atoms with E-state index in [1.165, 1.54) is 6.07 Å². The van der Waals surface area contributed by atoms with Crippen LogP contribution in [0.15, 0.2) is 67.0 Å². The summed E-state index contributed by atoms with van der Waals surface area (Å²) in [6, 6.07) is 14.0.